The Morgan fingerprint density at radius 2 is 1.65 bits per heavy atom. The predicted octanol–water partition coefficient (Wildman–Crippen LogP) is 7.27. The molecule has 192 valence electrons. The first-order valence-corrected chi connectivity index (χ1v) is 13.5. The van der Waals surface area contributed by atoms with Gasteiger partial charge in [0.25, 0.3) is 0 Å². The second-order valence-corrected chi connectivity index (χ2v) is 9.82. The highest BCUT2D eigenvalue weighted by Gasteiger charge is 2.20. The monoisotopic (exact) mass is 495 g/mol. The third-order valence-electron chi connectivity index (χ3n) is 7.18. The maximum absolute atomic E-state index is 5.67. The van der Waals surface area contributed by atoms with Crippen molar-refractivity contribution in [1.82, 2.24) is 14.5 Å². The van der Waals surface area contributed by atoms with Gasteiger partial charge in [0, 0.05) is 31.7 Å². The van der Waals surface area contributed by atoms with E-state index in [4.69, 9.17) is 14.5 Å². The first kappa shape index (κ1) is 25.1. The number of rotatable bonds is 12. The van der Waals surface area contributed by atoms with Crippen molar-refractivity contribution in [2.45, 2.75) is 58.7 Å². The standard InChI is InChI=1S/C32H37N3O2/c1-3-5-18-35-29(20-33-32(35)28-14-10-7-11-15-28)23-34(22-26(4-2)27-12-8-6-9-13-27)21-25-16-17-30-31(19-25)37-24-36-30/h6-17,19-20,26H,3-5,18,21-24H2,1-2H3. The fourth-order valence-electron chi connectivity index (χ4n) is 5.14. The molecule has 0 saturated heterocycles. The van der Waals surface area contributed by atoms with Crippen LogP contribution in [0.15, 0.2) is 85.1 Å². The van der Waals surface area contributed by atoms with Gasteiger partial charge in [0.2, 0.25) is 6.79 Å². The molecule has 4 aromatic rings. The number of ether oxygens (including phenoxy) is 2. The van der Waals surface area contributed by atoms with E-state index in [1.54, 1.807) is 0 Å². The lowest BCUT2D eigenvalue weighted by atomic mass is 9.95. The van der Waals surface area contributed by atoms with Crippen LogP contribution in [0, 0.1) is 0 Å². The largest absolute Gasteiger partial charge is 0.454 e. The summed E-state index contributed by atoms with van der Waals surface area (Å²) in [5.74, 6) is 3.18. The molecule has 1 aliphatic rings. The summed E-state index contributed by atoms with van der Waals surface area (Å²) in [6, 6.07) is 27.8. The number of fused-ring (bicyclic) bond motifs is 1. The first-order valence-electron chi connectivity index (χ1n) is 13.5. The molecule has 5 heteroatoms. The Kier molecular flexibility index (Phi) is 8.21. The molecule has 0 N–H and O–H groups in total. The number of hydrogen-bond donors (Lipinski definition) is 0. The molecule has 1 atom stereocenters. The molecular weight excluding hydrogens is 458 g/mol. The Balaban J connectivity index is 1.45. The molecule has 1 aromatic heterocycles. The Morgan fingerprint density at radius 1 is 0.892 bits per heavy atom. The molecule has 5 nitrogen and oxygen atoms in total. The van der Waals surface area contributed by atoms with Crippen molar-refractivity contribution in [2.24, 2.45) is 0 Å². The minimum absolute atomic E-state index is 0.299. The summed E-state index contributed by atoms with van der Waals surface area (Å²) < 4.78 is 13.6. The number of nitrogens with zero attached hydrogens (tertiary/aromatic N) is 3. The fourth-order valence-corrected chi connectivity index (χ4v) is 5.14. The lowest BCUT2D eigenvalue weighted by molar-refractivity contribution is 0.174. The van der Waals surface area contributed by atoms with Crippen LogP contribution in [-0.4, -0.2) is 27.8 Å². The molecule has 0 fully saturated rings. The predicted molar refractivity (Wildman–Crippen MR) is 149 cm³/mol. The summed E-state index contributed by atoms with van der Waals surface area (Å²) in [6.07, 6.45) is 5.45. The third kappa shape index (κ3) is 6.05. The van der Waals surface area contributed by atoms with Crippen LogP contribution in [0.2, 0.25) is 0 Å². The van der Waals surface area contributed by atoms with Crippen molar-refractivity contribution >= 4 is 0 Å². The highest BCUT2D eigenvalue weighted by molar-refractivity contribution is 5.56. The van der Waals surface area contributed by atoms with E-state index >= 15 is 0 Å². The van der Waals surface area contributed by atoms with Crippen molar-refractivity contribution in [3.8, 4) is 22.9 Å². The minimum atomic E-state index is 0.299. The van der Waals surface area contributed by atoms with Gasteiger partial charge in [0.05, 0.1) is 11.9 Å². The summed E-state index contributed by atoms with van der Waals surface area (Å²) >= 11 is 0. The molecule has 2 heterocycles. The van der Waals surface area contributed by atoms with Crippen LogP contribution < -0.4 is 9.47 Å². The third-order valence-corrected chi connectivity index (χ3v) is 7.18. The fraction of sp³-hybridized carbons (Fsp3) is 0.344. The smallest absolute Gasteiger partial charge is 0.231 e. The molecule has 0 spiro atoms. The molecular formula is C32H37N3O2. The quantitative estimate of drug-likeness (QED) is 0.207. The molecule has 0 aliphatic carbocycles. The van der Waals surface area contributed by atoms with Crippen LogP contribution in [0.1, 0.15) is 55.8 Å². The van der Waals surface area contributed by atoms with Crippen LogP contribution in [0.25, 0.3) is 11.4 Å². The maximum atomic E-state index is 5.67. The SMILES string of the molecule is CCCCn1c(CN(Cc2ccc3c(c2)OCO3)CC(CC)c2ccccc2)cnc1-c1ccccc1. The lowest BCUT2D eigenvalue weighted by Gasteiger charge is -2.28. The average Bonchev–Trinajstić information content (AvgIpc) is 3.58. The highest BCUT2D eigenvalue weighted by atomic mass is 16.7. The van der Waals surface area contributed by atoms with E-state index in [9.17, 15) is 0 Å². The van der Waals surface area contributed by atoms with Gasteiger partial charge in [-0.15, -0.1) is 0 Å². The molecule has 0 radical (unpaired) electrons. The molecule has 5 rings (SSSR count). The van der Waals surface area contributed by atoms with Crippen LogP contribution >= 0.6 is 0 Å². The molecule has 0 saturated carbocycles. The summed E-state index contributed by atoms with van der Waals surface area (Å²) in [4.78, 5) is 7.47. The molecule has 0 amide bonds. The summed E-state index contributed by atoms with van der Waals surface area (Å²) in [5, 5.41) is 0. The van der Waals surface area contributed by atoms with Crippen LogP contribution in [-0.2, 0) is 19.6 Å². The Labute approximate surface area is 220 Å². The van der Waals surface area contributed by atoms with Crippen molar-refractivity contribution in [3.63, 3.8) is 0 Å². The zero-order valence-corrected chi connectivity index (χ0v) is 22.0. The maximum Gasteiger partial charge on any atom is 0.231 e. The van der Waals surface area contributed by atoms with Gasteiger partial charge in [-0.2, -0.15) is 0 Å². The first-order chi connectivity index (χ1) is 18.2. The molecule has 1 unspecified atom stereocenters. The number of imidazole rings is 1. The van der Waals surface area contributed by atoms with E-state index in [0.717, 1.165) is 62.8 Å². The number of hydrogen-bond acceptors (Lipinski definition) is 4. The summed E-state index contributed by atoms with van der Waals surface area (Å²) in [5.41, 5.74) is 5.05. The number of aromatic nitrogens is 2. The summed E-state index contributed by atoms with van der Waals surface area (Å²) in [7, 11) is 0. The molecule has 37 heavy (non-hydrogen) atoms. The number of unbranched alkanes of at least 4 members (excludes halogenated alkanes) is 1. The van der Waals surface area contributed by atoms with Gasteiger partial charge in [-0.3, -0.25) is 4.90 Å². The van der Waals surface area contributed by atoms with E-state index in [-0.39, 0.29) is 0 Å². The van der Waals surface area contributed by atoms with Gasteiger partial charge in [-0.05, 0) is 42.0 Å². The normalized spacial score (nSPS) is 13.3. The Bertz CT molecular complexity index is 1270. The molecule has 3 aromatic carbocycles. The Morgan fingerprint density at radius 3 is 2.41 bits per heavy atom. The van der Waals surface area contributed by atoms with E-state index in [1.165, 1.54) is 22.4 Å². The van der Waals surface area contributed by atoms with Gasteiger partial charge in [0.1, 0.15) is 5.82 Å². The van der Waals surface area contributed by atoms with E-state index in [1.807, 2.05) is 6.07 Å². The van der Waals surface area contributed by atoms with Crippen molar-refractivity contribution in [3.05, 3.63) is 102 Å². The van der Waals surface area contributed by atoms with Gasteiger partial charge >= 0.3 is 0 Å². The highest BCUT2D eigenvalue weighted by Crippen LogP contribution is 2.33. The van der Waals surface area contributed by atoms with Crippen LogP contribution in [0.5, 0.6) is 11.5 Å². The van der Waals surface area contributed by atoms with Crippen molar-refractivity contribution in [2.75, 3.05) is 13.3 Å². The van der Waals surface area contributed by atoms with Crippen molar-refractivity contribution in [1.29, 1.82) is 0 Å². The van der Waals surface area contributed by atoms with Crippen LogP contribution in [0.3, 0.4) is 0 Å². The van der Waals surface area contributed by atoms with Gasteiger partial charge in [-0.1, -0.05) is 87.0 Å². The van der Waals surface area contributed by atoms with E-state index in [2.05, 4.69) is 102 Å². The summed E-state index contributed by atoms with van der Waals surface area (Å²) in [6.45, 7) is 8.44. The molecule has 0 bridgehead atoms. The Hall–Kier alpha value is -3.57. The minimum Gasteiger partial charge on any atom is -0.454 e. The average molecular weight is 496 g/mol. The van der Waals surface area contributed by atoms with Gasteiger partial charge in [-0.25, -0.2) is 4.98 Å². The van der Waals surface area contributed by atoms with E-state index in [0.29, 0.717) is 12.7 Å². The topological polar surface area (TPSA) is 39.5 Å². The second-order valence-electron chi connectivity index (χ2n) is 9.82. The zero-order chi connectivity index (χ0) is 25.5. The molecule has 1 aliphatic heterocycles. The van der Waals surface area contributed by atoms with E-state index < -0.39 is 0 Å². The zero-order valence-electron chi connectivity index (χ0n) is 22.0. The van der Waals surface area contributed by atoms with Gasteiger partial charge in [0.15, 0.2) is 11.5 Å². The lowest BCUT2D eigenvalue weighted by Crippen LogP contribution is -2.29. The number of benzene rings is 3. The van der Waals surface area contributed by atoms with Crippen LogP contribution in [0.4, 0.5) is 0 Å². The van der Waals surface area contributed by atoms with Crippen molar-refractivity contribution < 1.29 is 9.47 Å². The van der Waals surface area contributed by atoms with Gasteiger partial charge < -0.3 is 14.0 Å². The second kappa shape index (κ2) is 12.1.